The van der Waals surface area contributed by atoms with Gasteiger partial charge in [0.1, 0.15) is 5.82 Å². The average molecular weight is 369 g/mol. The first kappa shape index (κ1) is 14.0. The van der Waals surface area contributed by atoms with E-state index in [1.165, 1.54) is 12.1 Å². The molecule has 5 nitrogen and oxygen atoms in total. The molecule has 1 aromatic carbocycles. The highest BCUT2D eigenvalue weighted by Gasteiger charge is 2.08. The zero-order chi connectivity index (χ0) is 14.8. The summed E-state index contributed by atoms with van der Waals surface area (Å²) in [6, 6.07) is 6.09. The lowest BCUT2D eigenvalue weighted by molar-refractivity contribution is 0.628. The third-order valence-corrected chi connectivity index (χ3v) is 3.47. The van der Waals surface area contributed by atoms with Crippen molar-refractivity contribution in [3.63, 3.8) is 0 Å². The molecule has 106 valence electrons. The molecular weight excluding hydrogens is 361 g/mol. The fourth-order valence-electron chi connectivity index (χ4n) is 1.68. The van der Waals surface area contributed by atoms with Crippen molar-refractivity contribution in [1.82, 2.24) is 19.7 Å². The van der Waals surface area contributed by atoms with Crippen molar-refractivity contribution < 1.29 is 4.39 Å². The number of benzene rings is 1. The molecule has 0 aliphatic carbocycles. The summed E-state index contributed by atoms with van der Waals surface area (Å²) >= 11 is 9.11. The molecule has 0 amide bonds. The Balaban J connectivity index is 1.93. The van der Waals surface area contributed by atoms with Crippen LogP contribution in [0.1, 0.15) is 0 Å². The Morgan fingerprint density at radius 3 is 2.90 bits per heavy atom. The van der Waals surface area contributed by atoms with Gasteiger partial charge in [0.15, 0.2) is 5.82 Å². The van der Waals surface area contributed by atoms with Gasteiger partial charge in [-0.05, 0) is 40.2 Å². The summed E-state index contributed by atoms with van der Waals surface area (Å²) in [4.78, 5) is 8.51. The molecule has 3 aromatic rings. The van der Waals surface area contributed by atoms with E-state index in [1.807, 2.05) is 0 Å². The Bertz CT molecular complexity index is 778. The van der Waals surface area contributed by atoms with Gasteiger partial charge in [-0.2, -0.15) is 10.1 Å². The van der Waals surface area contributed by atoms with Gasteiger partial charge in [0.25, 0.3) is 0 Å². The molecule has 1 N–H and O–H groups in total. The van der Waals surface area contributed by atoms with Gasteiger partial charge >= 0.3 is 0 Å². The van der Waals surface area contributed by atoms with Crippen molar-refractivity contribution >= 4 is 39.2 Å². The fourth-order valence-corrected chi connectivity index (χ4v) is 2.23. The number of hydrogen-bond acceptors (Lipinski definition) is 4. The summed E-state index contributed by atoms with van der Waals surface area (Å²) in [6.45, 7) is 0. The van der Waals surface area contributed by atoms with Crippen LogP contribution in [0.4, 0.5) is 16.0 Å². The summed E-state index contributed by atoms with van der Waals surface area (Å²) in [5.41, 5.74) is 0.593. The normalized spacial score (nSPS) is 10.6. The minimum atomic E-state index is -0.476. The van der Waals surface area contributed by atoms with Gasteiger partial charge < -0.3 is 5.32 Å². The summed E-state index contributed by atoms with van der Waals surface area (Å²) < 4.78 is 15.4. The molecule has 0 aliphatic heterocycles. The molecule has 0 saturated carbocycles. The molecule has 0 fully saturated rings. The summed E-state index contributed by atoms with van der Waals surface area (Å²) in [7, 11) is 0. The topological polar surface area (TPSA) is 55.6 Å². The quantitative estimate of drug-likeness (QED) is 0.760. The van der Waals surface area contributed by atoms with E-state index < -0.39 is 5.82 Å². The standard InChI is InChI=1S/C13H8BrClFN5/c14-9-7-17-13(20-12(9)21-5-1-4-18-21)19-8-2-3-11(16)10(15)6-8/h1-7H,(H,17,19,20). The van der Waals surface area contributed by atoms with E-state index in [0.29, 0.717) is 21.9 Å². The van der Waals surface area contributed by atoms with Crippen LogP contribution in [0.15, 0.2) is 47.3 Å². The van der Waals surface area contributed by atoms with Crippen molar-refractivity contribution in [3.05, 3.63) is 58.2 Å². The summed E-state index contributed by atoms with van der Waals surface area (Å²) in [5, 5.41) is 7.12. The van der Waals surface area contributed by atoms with E-state index >= 15 is 0 Å². The molecule has 0 bridgehead atoms. The van der Waals surface area contributed by atoms with Crippen molar-refractivity contribution in [2.24, 2.45) is 0 Å². The van der Waals surface area contributed by atoms with Crippen LogP contribution in [-0.4, -0.2) is 19.7 Å². The van der Waals surface area contributed by atoms with Gasteiger partial charge in [0.2, 0.25) is 5.95 Å². The lowest BCUT2D eigenvalue weighted by atomic mass is 10.3. The Labute approximate surface area is 132 Å². The highest BCUT2D eigenvalue weighted by molar-refractivity contribution is 9.10. The molecule has 2 heterocycles. The minimum absolute atomic E-state index is 0.0319. The fraction of sp³-hybridized carbons (Fsp3) is 0. The van der Waals surface area contributed by atoms with Crippen molar-refractivity contribution in [1.29, 1.82) is 0 Å². The second-order valence-electron chi connectivity index (χ2n) is 4.07. The Kier molecular flexibility index (Phi) is 3.85. The summed E-state index contributed by atoms with van der Waals surface area (Å²) in [5.74, 6) is 0.466. The number of nitrogens with one attached hydrogen (secondary N) is 1. The maximum atomic E-state index is 13.1. The molecular formula is C13H8BrClFN5. The number of aromatic nitrogens is 4. The van der Waals surface area contributed by atoms with Crippen molar-refractivity contribution in [2.45, 2.75) is 0 Å². The third-order valence-electron chi connectivity index (χ3n) is 2.62. The van der Waals surface area contributed by atoms with Crippen LogP contribution in [0.2, 0.25) is 5.02 Å². The highest BCUT2D eigenvalue weighted by atomic mass is 79.9. The first-order valence-corrected chi connectivity index (χ1v) is 7.05. The molecule has 21 heavy (non-hydrogen) atoms. The van der Waals surface area contributed by atoms with Crippen molar-refractivity contribution in [2.75, 3.05) is 5.32 Å². The number of anilines is 2. The number of halogens is 3. The minimum Gasteiger partial charge on any atom is -0.324 e. The van der Waals surface area contributed by atoms with Crippen LogP contribution in [0.5, 0.6) is 0 Å². The molecule has 3 rings (SSSR count). The van der Waals surface area contributed by atoms with Crippen LogP contribution in [-0.2, 0) is 0 Å². The predicted octanol–water partition coefficient (Wildman–Crippen LogP) is 3.96. The summed E-state index contributed by atoms with van der Waals surface area (Å²) in [6.07, 6.45) is 5.03. The first-order valence-electron chi connectivity index (χ1n) is 5.88. The lowest BCUT2D eigenvalue weighted by Crippen LogP contribution is -2.04. The second kappa shape index (κ2) is 5.79. The van der Waals surface area contributed by atoms with Crippen molar-refractivity contribution in [3.8, 4) is 5.82 Å². The van der Waals surface area contributed by atoms with Crippen LogP contribution in [0, 0.1) is 5.82 Å². The zero-order valence-electron chi connectivity index (χ0n) is 10.5. The molecule has 8 heteroatoms. The molecule has 0 radical (unpaired) electrons. The smallest absolute Gasteiger partial charge is 0.229 e. The van der Waals surface area contributed by atoms with Gasteiger partial charge in [-0.1, -0.05) is 11.6 Å². The van der Waals surface area contributed by atoms with Crippen LogP contribution in [0.3, 0.4) is 0 Å². The lowest BCUT2D eigenvalue weighted by Gasteiger charge is -2.08. The Morgan fingerprint density at radius 1 is 1.33 bits per heavy atom. The monoisotopic (exact) mass is 367 g/mol. The first-order chi connectivity index (χ1) is 10.1. The molecule has 0 spiro atoms. The molecule has 0 unspecified atom stereocenters. The Hall–Kier alpha value is -1.99. The predicted molar refractivity (Wildman–Crippen MR) is 81.5 cm³/mol. The van der Waals surface area contributed by atoms with Gasteiger partial charge in [-0.25, -0.2) is 14.1 Å². The third kappa shape index (κ3) is 3.03. The molecule has 0 aliphatic rings. The van der Waals surface area contributed by atoms with E-state index in [4.69, 9.17) is 11.6 Å². The maximum absolute atomic E-state index is 13.1. The van der Waals surface area contributed by atoms with E-state index in [-0.39, 0.29) is 5.02 Å². The van der Waals surface area contributed by atoms with Crippen LogP contribution >= 0.6 is 27.5 Å². The van der Waals surface area contributed by atoms with Crippen LogP contribution < -0.4 is 5.32 Å². The van der Waals surface area contributed by atoms with Gasteiger partial charge in [0.05, 0.1) is 9.50 Å². The SMILES string of the molecule is Fc1ccc(Nc2ncc(Br)c(-n3cccn3)n2)cc1Cl. The van der Waals surface area contributed by atoms with Gasteiger partial charge in [0, 0.05) is 24.3 Å². The van der Waals surface area contributed by atoms with Gasteiger partial charge in [-0.15, -0.1) is 0 Å². The molecule has 0 saturated heterocycles. The zero-order valence-corrected chi connectivity index (χ0v) is 12.8. The van der Waals surface area contributed by atoms with Gasteiger partial charge in [-0.3, -0.25) is 0 Å². The molecule has 2 aromatic heterocycles. The average Bonchev–Trinajstić information content (AvgIpc) is 2.99. The van der Waals surface area contributed by atoms with E-state index in [0.717, 1.165) is 0 Å². The van der Waals surface area contributed by atoms with E-state index in [9.17, 15) is 4.39 Å². The number of nitrogens with zero attached hydrogens (tertiary/aromatic N) is 4. The number of rotatable bonds is 3. The largest absolute Gasteiger partial charge is 0.324 e. The second-order valence-corrected chi connectivity index (χ2v) is 5.33. The van der Waals surface area contributed by atoms with E-state index in [1.54, 1.807) is 35.4 Å². The highest BCUT2D eigenvalue weighted by Crippen LogP contribution is 2.23. The maximum Gasteiger partial charge on any atom is 0.229 e. The number of hydrogen-bond donors (Lipinski definition) is 1. The molecule has 0 atom stereocenters. The van der Waals surface area contributed by atoms with Crippen LogP contribution in [0.25, 0.3) is 5.82 Å². The van der Waals surface area contributed by atoms with E-state index in [2.05, 4.69) is 36.3 Å². The Morgan fingerprint density at radius 2 is 2.19 bits per heavy atom.